The second kappa shape index (κ2) is 4.61. The topological polar surface area (TPSA) is 66.0 Å². The lowest BCUT2D eigenvalue weighted by molar-refractivity contribution is 0.552. The molecule has 0 spiro atoms. The highest BCUT2D eigenvalue weighted by atomic mass is 16.2. The van der Waals surface area contributed by atoms with Crippen LogP contribution in [0.15, 0.2) is 27.5 Å². The average Bonchev–Trinajstić information content (AvgIpc) is 2.26. The molecule has 0 unspecified atom stereocenters. The van der Waals surface area contributed by atoms with Gasteiger partial charge < -0.3 is 0 Å². The summed E-state index contributed by atoms with van der Waals surface area (Å²) in [5.74, 6) is 0. The lowest BCUT2D eigenvalue weighted by Gasteiger charge is -2.07. The molecule has 0 saturated heterocycles. The molecule has 0 aliphatic heterocycles. The van der Waals surface area contributed by atoms with E-state index in [0.717, 1.165) is 26.1 Å². The molecular weight excluding hydrogens is 210 g/mol. The molecule has 1 aromatic rings. The summed E-state index contributed by atoms with van der Waals surface area (Å²) in [4.78, 5) is 35.0. The van der Waals surface area contributed by atoms with Crippen LogP contribution in [0.2, 0.25) is 0 Å². The molecule has 0 aromatic carbocycles. The highest BCUT2D eigenvalue weighted by Gasteiger charge is 2.10. The molecule has 0 aliphatic rings. The van der Waals surface area contributed by atoms with Gasteiger partial charge in [-0.25, -0.2) is 28.1 Å². The van der Waals surface area contributed by atoms with Gasteiger partial charge in [0.1, 0.15) is 0 Å². The zero-order chi connectivity index (χ0) is 12.3. The molecule has 0 fully saturated rings. The zero-order valence-corrected chi connectivity index (χ0v) is 9.05. The van der Waals surface area contributed by atoms with Crippen LogP contribution in [0.1, 0.15) is 13.3 Å². The largest absolute Gasteiger partial charge is 0.344 e. The van der Waals surface area contributed by atoms with Gasteiger partial charge in [0.05, 0.1) is 0 Å². The third-order valence-corrected chi connectivity index (χ3v) is 2.10. The van der Waals surface area contributed by atoms with Gasteiger partial charge in [-0.3, -0.25) is 0 Å². The zero-order valence-electron chi connectivity index (χ0n) is 9.05. The Morgan fingerprint density at radius 2 is 1.44 bits per heavy atom. The highest BCUT2D eigenvalue weighted by Crippen LogP contribution is 1.80. The molecular formula is C10H13N3O3. The fraction of sp³-hybridized carbons (Fsp3) is 0.300. The van der Waals surface area contributed by atoms with Gasteiger partial charge in [-0.1, -0.05) is 20.1 Å². The summed E-state index contributed by atoms with van der Waals surface area (Å²) in [5.41, 5.74) is -2.11. The fourth-order valence-electron chi connectivity index (χ4n) is 1.35. The minimum atomic E-state index is -0.757. The Bertz CT molecular complexity index is 543. The first-order valence-electron chi connectivity index (χ1n) is 4.81. The Labute approximate surface area is 91.4 Å². The SMILES string of the molecule is C=Cn1c(=O)n(C=C)c(=O)n(CCC)c1=O. The first-order chi connectivity index (χ1) is 7.58. The quantitative estimate of drug-likeness (QED) is 0.709. The van der Waals surface area contributed by atoms with Crippen molar-refractivity contribution in [3.05, 3.63) is 44.6 Å². The van der Waals surface area contributed by atoms with Crippen molar-refractivity contribution < 1.29 is 0 Å². The number of aromatic nitrogens is 3. The predicted molar refractivity (Wildman–Crippen MR) is 62.3 cm³/mol. The van der Waals surface area contributed by atoms with Crippen LogP contribution in [0.5, 0.6) is 0 Å². The molecule has 0 saturated carbocycles. The molecule has 6 heteroatoms. The first kappa shape index (κ1) is 12.0. The maximum absolute atomic E-state index is 11.7. The van der Waals surface area contributed by atoms with E-state index in [0.29, 0.717) is 6.42 Å². The second-order valence-electron chi connectivity index (χ2n) is 3.10. The molecule has 6 nitrogen and oxygen atoms in total. The number of nitrogens with zero attached hydrogens (tertiary/aromatic N) is 3. The lowest BCUT2D eigenvalue weighted by atomic mass is 10.5. The molecule has 0 atom stereocenters. The maximum Gasteiger partial charge on any atom is 0.344 e. The van der Waals surface area contributed by atoms with Gasteiger partial charge in [0.25, 0.3) is 0 Å². The molecule has 0 N–H and O–H groups in total. The van der Waals surface area contributed by atoms with Gasteiger partial charge in [-0.05, 0) is 6.42 Å². The summed E-state index contributed by atoms with van der Waals surface area (Å²) in [7, 11) is 0. The summed E-state index contributed by atoms with van der Waals surface area (Å²) in [6, 6.07) is 0. The maximum atomic E-state index is 11.7. The van der Waals surface area contributed by atoms with Crippen LogP contribution in [0.4, 0.5) is 0 Å². The van der Waals surface area contributed by atoms with E-state index in [2.05, 4.69) is 13.2 Å². The van der Waals surface area contributed by atoms with Crippen molar-refractivity contribution in [1.29, 1.82) is 0 Å². The van der Waals surface area contributed by atoms with Crippen LogP contribution in [0, 0.1) is 0 Å². The van der Waals surface area contributed by atoms with E-state index in [1.54, 1.807) is 0 Å². The second-order valence-corrected chi connectivity index (χ2v) is 3.10. The van der Waals surface area contributed by atoms with E-state index in [-0.39, 0.29) is 6.54 Å². The average molecular weight is 223 g/mol. The summed E-state index contributed by atoms with van der Waals surface area (Å²) in [5, 5.41) is 0. The van der Waals surface area contributed by atoms with Crippen LogP contribution in [0.25, 0.3) is 12.4 Å². The van der Waals surface area contributed by atoms with Crippen molar-refractivity contribution in [3.8, 4) is 0 Å². The van der Waals surface area contributed by atoms with Crippen molar-refractivity contribution in [2.45, 2.75) is 19.9 Å². The van der Waals surface area contributed by atoms with E-state index >= 15 is 0 Å². The van der Waals surface area contributed by atoms with E-state index in [4.69, 9.17) is 0 Å². The smallest absolute Gasteiger partial charge is 0.247 e. The molecule has 1 aromatic heterocycles. The third-order valence-electron chi connectivity index (χ3n) is 2.10. The van der Waals surface area contributed by atoms with Crippen molar-refractivity contribution >= 4 is 12.4 Å². The predicted octanol–water partition coefficient (Wildman–Crippen LogP) is -0.217. The van der Waals surface area contributed by atoms with E-state index < -0.39 is 17.1 Å². The van der Waals surface area contributed by atoms with Crippen molar-refractivity contribution in [2.75, 3.05) is 0 Å². The van der Waals surface area contributed by atoms with Crippen LogP contribution < -0.4 is 17.1 Å². The Morgan fingerprint density at radius 1 is 1.00 bits per heavy atom. The molecule has 0 amide bonds. The summed E-state index contributed by atoms with van der Waals surface area (Å²) < 4.78 is 2.53. The monoisotopic (exact) mass is 223 g/mol. The molecule has 0 bridgehead atoms. The molecule has 1 heterocycles. The van der Waals surface area contributed by atoms with Gasteiger partial charge in [-0.2, -0.15) is 0 Å². The minimum absolute atomic E-state index is 0.250. The van der Waals surface area contributed by atoms with Crippen molar-refractivity contribution in [2.24, 2.45) is 0 Å². The number of hydrogen-bond donors (Lipinski definition) is 0. The van der Waals surface area contributed by atoms with Crippen LogP contribution in [-0.2, 0) is 6.54 Å². The summed E-state index contributed by atoms with van der Waals surface area (Å²) >= 11 is 0. The Morgan fingerprint density at radius 3 is 1.75 bits per heavy atom. The highest BCUT2D eigenvalue weighted by molar-refractivity contribution is 5.19. The first-order valence-corrected chi connectivity index (χ1v) is 4.81. The number of hydrogen-bond acceptors (Lipinski definition) is 3. The Kier molecular flexibility index (Phi) is 3.44. The van der Waals surface area contributed by atoms with E-state index in [1.165, 1.54) is 0 Å². The third kappa shape index (κ3) is 1.69. The van der Waals surface area contributed by atoms with Gasteiger partial charge in [0.2, 0.25) is 0 Å². The van der Waals surface area contributed by atoms with Gasteiger partial charge in [0.15, 0.2) is 0 Å². The molecule has 1 rings (SSSR count). The standard InChI is InChI=1S/C10H13N3O3/c1-4-7-13-9(15)11(5-2)8(14)12(6-3)10(13)16/h5-6H,2-4,7H2,1H3. The van der Waals surface area contributed by atoms with Gasteiger partial charge in [-0.15, -0.1) is 0 Å². The van der Waals surface area contributed by atoms with Crippen molar-refractivity contribution in [3.63, 3.8) is 0 Å². The summed E-state index contributed by atoms with van der Waals surface area (Å²) in [6.07, 6.45) is 2.77. The van der Waals surface area contributed by atoms with Gasteiger partial charge in [0, 0.05) is 18.9 Å². The van der Waals surface area contributed by atoms with Crippen LogP contribution in [-0.4, -0.2) is 13.7 Å². The van der Waals surface area contributed by atoms with E-state index in [1.807, 2.05) is 6.92 Å². The summed E-state index contributed by atoms with van der Waals surface area (Å²) in [6.45, 7) is 8.79. The number of rotatable bonds is 4. The van der Waals surface area contributed by atoms with Crippen LogP contribution >= 0.6 is 0 Å². The molecule has 16 heavy (non-hydrogen) atoms. The van der Waals surface area contributed by atoms with Gasteiger partial charge >= 0.3 is 17.1 Å². The Hall–Kier alpha value is -2.11. The molecule has 0 radical (unpaired) electrons. The van der Waals surface area contributed by atoms with Crippen LogP contribution in [0.3, 0.4) is 0 Å². The Balaban J connectivity index is 3.85. The van der Waals surface area contributed by atoms with Crippen molar-refractivity contribution in [1.82, 2.24) is 13.7 Å². The molecule has 0 aliphatic carbocycles. The lowest BCUT2D eigenvalue weighted by Crippen LogP contribution is -2.51. The molecule has 86 valence electrons. The fourth-order valence-corrected chi connectivity index (χ4v) is 1.35. The minimum Gasteiger partial charge on any atom is -0.247 e. The normalized spacial score (nSPS) is 10.1. The van der Waals surface area contributed by atoms with E-state index in [9.17, 15) is 14.4 Å².